The third-order valence-electron chi connectivity index (χ3n) is 5.81. The molecule has 0 radical (unpaired) electrons. The average molecular weight is 482 g/mol. The van der Waals surface area contributed by atoms with Crippen molar-refractivity contribution in [2.75, 3.05) is 37.2 Å². The number of amides is 1. The molecule has 0 fully saturated rings. The van der Waals surface area contributed by atoms with Crippen molar-refractivity contribution in [1.29, 1.82) is 0 Å². The van der Waals surface area contributed by atoms with Crippen LogP contribution in [0, 0.1) is 5.82 Å². The van der Waals surface area contributed by atoms with Crippen molar-refractivity contribution in [3.8, 4) is 0 Å². The first-order chi connectivity index (χ1) is 16.8. The summed E-state index contributed by atoms with van der Waals surface area (Å²) in [5.41, 5.74) is 3.99. The number of carbonyl (C=O) groups excluding carboxylic acids is 1. The number of nitrogens with zero attached hydrogens (tertiary/aromatic N) is 2. The van der Waals surface area contributed by atoms with Gasteiger partial charge in [-0.05, 0) is 55.8 Å². The molecule has 0 saturated heterocycles. The summed E-state index contributed by atoms with van der Waals surface area (Å²) < 4.78 is 17.6. The number of nitrogens with one attached hydrogen (secondary N) is 3. The van der Waals surface area contributed by atoms with Crippen LogP contribution in [0.5, 0.6) is 0 Å². The van der Waals surface area contributed by atoms with Crippen LogP contribution < -0.4 is 25.8 Å². The van der Waals surface area contributed by atoms with E-state index in [1.165, 1.54) is 12.1 Å². The van der Waals surface area contributed by atoms with Crippen molar-refractivity contribution in [2.24, 2.45) is 0 Å². The van der Waals surface area contributed by atoms with Crippen LogP contribution in [-0.2, 0) is 11.3 Å². The summed E-state index contributed by atoms with van der Waals surface area (Å²) in [5.74, 6) is 0.680. The largest absolute Gasteiger partial charge is 0.388 e. The van der Waals surface area contributed by atoms with Gasteiger partial charge in [-0.3, -0.25) is 4.79 Å². The second-order valence-electron chi connectivity index (χ2n) is 8.64. The van der Waals surface area contributed by atoms with E-state index in [0.717, 1.165) is 35.0 Å². The first-order valence-corrected chi connectivity index (χ1v) is 11.9. The average Bonchev–Trinajstić information content (AvgIpc) is 3.28. The summed E-state index contributed by atoms with van der Waals surface area (Å²) in [4.78, 5) is 17.1. The monoisotopic (exact) mass is 481 g/mol. The lowest BCUT2D eigenvalue weighted by Gasteiger charge is -2.45. The van der Waals surface area contributed by atoms with E-state index in [4.69, 9.17) is 0 Å². The van der Waals surface area contributed by atoms with Gasteiger partial charge in [-0.15, -0.1) is 0 Å². The van der Waals surface area contributed by atoms with E-state index in [-0.39, 0.29) is 11.7 Å². The van der Waals surface area contributed by atoms with Crippen molar-refractivity contribution in [3.63, 3.8) is 0 Å². The van der Waals surface area contributed by atoms with Crippen LogP contribution in [0.25, 0.3) is 0 Å². The van der Waals surface area contributed by atoms with Gasteiger partial charge >= 0.3 is 0 Å². The number of hydrogen-bond donors (Lipinski definition) is 3. The van der Waals surface area contributed by atoms with Crippen LogP contribution in [0.15, 0.2) is 66.1 Å². The molecule has 8 heteroatoms. The minimum absolute atomic E-state index is 0.0874. The molecule has 35 heavy (non-hydrogen) atoms. The quantitative estimate of drug-likeness (QED) is 0.608. The fourth-order valence-electron chi connectivity index (χ4n) is 4.23. The van der Waals surface area contributed by atoms with E-state index in [2.05, 4.69) is 48.7 Å². The first kappa shape index (κ1) is 26.1. The maximum absolute atomic E-state index is 13.4. The molecule has 0 unspecified atom stereocenters. The van der Waals surface area contributed by atoms with Crippen molar-refractivity contribution in [3.05, 3.63) is 83.1 Å². The lowest BCUT2D eigenvalue weighted by Crippen LogP contribution is -2.60. The molecule has 3 heterocycles. The molecule has 0 aliphatic carbocycles. The molecule has 0 saturated carbocycles. The number of anilines is 2. The Bertz CT molecular complexity index is 1100. The van der Waals surface area contributed by atoms with Gasteiger partial charge in [0.25, 0.3) is 5.91 Å². The fraction of sp³-hybridized carbons (Fsp3) is 0.370. The fourth-order valence-corrected chi connectivity index (χ4v) is 4.23. The van der Waals surface area contributed by atoms with E-state index in [1.807, 2.05) is 39.8 Å². The molecule has 2 aromatic carbocycles. The summed E-state index contributed by atoms with van der Waals surface area (Å²) in [7, 11) is 3.25. The zero-order chi connectivity index (χ0) is 25.6. The molecule has 188 valence electrons. The second kappa shape index (κ2) is 11.3. The maximum atomic E-state index is 13.4. The number of hydrogen-bond acceptors (Lipinski definition) is 6. The first-order valence-electron chi connectivity index (χ1n) is 11.9. The molecule has 0 spiro atoms. The normalized spacial score (nSPS) is 17.1. The van der Waals surface area contributed by atoms with Crippen LogP contribution in [0.4, 0.5) is 15.8 Å². The van der Waals surface area contributed by atoms with Crippen molar-refractivity contribution in [2.45, 2.75) is 39.9 Å². The highest BCUT2D eigenvalue weighted by Gasteiger charge is 2.37. The summed E-state index contributed by atoms with van der Waals surface area (Å²) in [6.07, 6.45) is 4.20. The van der Waals surface area contributed by atoms with Gasteiger partial charge in [-0.2, -0.15) is 0 Å². The van der Waals surface area contributed by atoms with Gasteiger partial charge in [0.1, 0.15) is 17.3 Å². The molecule has 3 aliphatic heterocycles. The van der Waals surface area contributed by atoms with E-state index in [9.17, 15) is 9.18 Å². The van der Waals surface area contributed by atoms with Crippen molar-refractivity contribution in [1.82, 2.24) is 16.0 Å². The highest BCUT2D eigenvalue weighted by atomic mass is 19.1. The minimum atomic E-state index is -0.586. The van der Waals surface area contributed by atoms with Gasteiger partial charge in [-0.1, -0.05) is 32.1 Å². The van der Waals surface area contributed by atoms with Gasteiger partial charge in [0.15, 0.2) is 0 Å². The molecule has 2 aromatic rings. The van der Waals surface area contributed by atoms with Crippen LogP contribution in [0.3, 0.4) is 0 Å². The smallest absolute Gasteiger partial charge is 0.255 e. The lowest BCUT2D eigenvalue weighted by molar-refractivity contribution is 0.0897. The standard InChI is InChI=1S/C23H24FN5O.C2H6O.C2H6/c1-23(2)27-22(30)18-10-9-17(28-14-26-21-19(28)4-3-11-25-21)12-20(18)29(23)13-15-5-7-16(24)8-6-15;1-3-2;1-2/h3-10,12,25-26H,11,13-14H2,1-2H3,(H,27,30);1-2H3;1-2H3. The molecule has 1 amide bonds. The number of ether oxygens (including phenoxy) is 1. The summed E-state index contributed by atoms with van der Waals surface area (Å²) in [5, 5.41) is 9.81. The van der Waals surface area contributed by atoms with Gasteiger partial charge in [0.2, 0.25) is 0 Å². The number of methoxy groups -OCH3 is 1. The van der Waals surface area contributed by atoms with Gasteiger partial charge in [0, 0.05) is 33.0 Å². The van der Waals surface area contributed by atoms with Crippen LogP contribution in [0.2, 0.25) is 0 Å². The van der Waals surface area contributed by atoms with E-state index in [1.54, 1.807) is 26.4 Å². The predicted molar refractivity (Wildman–Crippen MR) is 140 cm³/mol. The highest BCUT2D eigenvalue weighted by Crippen LogP contribution is 2.37. The zero-order valence-corrected chi connectivity index (χ0v) is 21.4. The number of rotatable bonds is 3. The molecule has 0 atom stereocenters. The molecule has 0 bridgehead atoms. The van der Waals surface area contributed by atoms with Gasteiger partial charge in [-0.25, -0.2) is 4.39 Å². The number of allylic oxidation sites excluding steroid dienone is 1. The van der Waals surface area contributed by atoms with E-state index < -0.39 is 5.66 Å². The summed E-state index contributed by atoms with van der Waals surface area (Å²) >= 11 is 0. The SMILES string of the molecule is CC.CC1(C)NC(=O)c2ccc(N3CNC4=C3C=CCN4)cc2N1Cc1ccc(F)cc1.COC. The maximum Gasteiger partial charge on any atom is 0.255 e. The van der Waals surface area contributed by atoms with Crippen molar-refractivity contribution < 1.29 is 13.9 Å². The minimum Gasteiger partial charge on any atom is -0.388 e. The predicted octanol–water partition coefficient (Wildman–Crippen LogP) is 4.30. The topological polar surface area (TPSA) is 68.9 Å². The second-order valence-corrected chi connectivity index (χ2v) is 8.64. The Morgan fingerprint density at radius 2 is 1.74 bits per heavy atom. The van der Waals surface area contributed by atoms with Crippen LogP contribution in [0.1, 0.15) is 43.6 Å². The third kappa shape index (κ3) is 5.59. The van der Waals surface area contributed by atoms with Crippen molar-refractivity contribution >= 4 is 17.3 Å². The highest BCUT2D eigenvalue weighted by molar-refractivity contribution is 6.03. The summed E-state index contributed by atoms with van der Waals surface area (Å²) in [6.45, 7) is 9.99. The van der Waals surface area contributed by atoms with Gasteiger partial charge in [0.05, 0.1) is 23.6 Å². The molecule has 3 aliphatic rings. The Morgan fingerprint density at radius 3 is 2.43 bits per heavy atom. The molecule has 3 N–H and O–H groups in total. The molecule has 5 rings (SSSR count). The van der Waals surface area contributed by atoms with Crippen LogP contribution in [-0.4, -0.2) is 39.0 Å². The van der Waals surface area contributed by atoms with E-state index >= 15 is 0 Å². The number of benzene rings is 2. The number of fused-ring (bicyclic) bond motifs is 1. The summed E-state index contributed by atoms with van der Waals surface area (Å²) in [6, 6.07) is 12.4. The number of halogens is 1. The molecule has 0 aromatic heterocycles. The number of dihydropyridines is 1. The molecular formula is C27H36FN5O2. The Morgan fingerprint density at radius 1 is 1.06 bits per heavy atom. The Balaban J connectivity index is 0.000000638. The molecule has 7 nitrogen and oxygen atoms in total. The molecular weight excluding hydrogens is 445 g/mol. The van der Waals surface area contributed by atoms with Crippen LogP contribution >= 0.6 is 0 Å². The Labute approximate surface area is 207 Å². The van der Waals surface area contributed by atoms with E-state index in [0.29, 0.717) is 18.8 Å². The number of carbonyl (C=O) groups is 1. The zero-order valence-electron chi connectivity index (χ0n) is 21.4. The Hall–Kier alpha value is -3.52. The Kier molecular flexibility index (Phi) is 8.40. The lowest BCUT2D eigenvalue weighted by atomic mass is 9.99. The van der Waals surface area contributed by atoms with Gasteiger partial charge < -0.3 is 30.5 Å². The third-order valence-corrected chi connectivity index (χ3v) is 5.81.